The number of rotatable bonds is 10. The standard InChI is InChI=1S/C28H29FN4O2/c1-20(2)24-9-5-21(6-10-24)16-33(17-22-7-11-25(29)12-8-22)18-27-32-26(19-35-27)28(34)31-15-23-4-3-13-30-14-23/h3-14,19-20H,15-18H2,1-2H3,(H,31,34). The summed E-state index contributed by atoms with van der Waals surface area (Å²) in [5.41, 5.74) is 4.54. The molecule has 180 valence electrons. The van der Waals surface area contributed by atoms with Crippen LogP contribution in [0.25, 0.3) is 0 Å². The first-order valence-electron chi connectivity index (χ1n) is 11.6. The molecule has 0 radical (unpaired) electrons. The van der Waals surface area contributed by atoms with E-state index in [1.54, 1.807) is 24.5 Å². The van der Waals surface area contributed by atoms with Crippen molar-refractivity contribution in [3.05, 3.63) is 119 Å². The maximum Gasteiger partial charge on any atom is 0.273 e. The van der Waals surface area contributed by atoms with E-state index in [9.17, 15) is 9.18 Å². The highest BCUT2D eigenvalue weighted by Crippen LogP contribution is 2.18. The number of halogens is 1. The van der Waals surface area contributed by atoms with E-state index in [1.165, 1.54) is 24.0 Å². The molecule has 2 aromatic heterocycles. The van der Waals surface area contributed by atoms with Crippen LogP contribution in [0.3, 0.4) is 0 Å². The molecular weight excluding hydrogens is 443 g/mol. The highest BCUT2D eigenvalue weighted by atomic mass is 19.1. The summed E-state index contributed by atoms with van der Waals surface area (Å²) in [5, 5.41) is 2.83. The van der Waals surface area contributed by atoms with E-state index in [2.05, 4.69) is 58.3 Å². The van der Waals surface area contributed by atoms with Crippen LogP contribution in [0.15, 0.2) is 83.7 Å². The lowest BCUT2D eigenvalue weighted by Gasteiger charge is -2.21. The Morgan fingerprint density at radius 1 is 0.971 bits per heavy atom. The number of hydrogen-bond acceptors (Lipinski definition) is 5. The molecule has 0 spiro atoms. The highest BCUT2D eigenvalue weighted by Gasteiger charge is 2.16. The molecule has 0 atom stereocenters. The van der Waals surface area contributed by atoms with Gasteiger partial charge in [-0.05, 0) is 46.4 Å². The molecule has 7 heteroatoms. The highest BCUT2D eigenvalue weighted by molar-refractivity contribution is 5.91. The van der Waals surface area contributed by atoms with Gasteiger partial charge in [0.2, 0.25) is 5.89 Å². The second-order valence-electron chi connectivity index (χ2n) is 8.84. The third-order valence-corrected chi connectivity index (χ3v) is 5.69. The van der Waals surface area contributed by atoms with Crippen LogP contribution in [0.5, 0.6) is 0 Å². The Labute approximate surface area is 204 Å². The lowest BCUT2D eigenvalue weighted by molar-refractivity contribution is 0.0945. The SMILES string of the molecule is CC(C)c1ccc(CN(Cc2ccc(F)cc2)Cc2nc(C(=O)NCc3cccnc3)co2)cc1. The normalized spacial score (nSPS) is 11.2. The number of oxazole rings is 1. The van der Waals surface area contributed by atoms with Gasteiger partial charge in [-0.1, -0.05) is 56.3 Å². The lowest BCUT2D eigenvalue weighted by atomic mass is 10.0. The van der Waals surface area contributed by atoms with Gasteiger partial charge in [0.05, 0.1) is 6.54 Å². The Morgan fingerprint density at radius 2 is 1.66 bits per heavy atom. The Kier molecular flexibility index (Phi) is 8.00. The van der Waals surface area contributed by atoms with Gasteiger partial charge in [0.25, 0.3) is 5.91 Å². The van der Waals surface area contributed by atoms with Crippen LogP contribution in [-0.4, -0.2) is 20.8 Å². The Bertz CT molecular complexity index is 1220. The van der Waals surface area contributed by atoms with Gasteiger partial charge in [-0.15, -0.1) is 0 Å². The van der Waals surface area contributed by atoms with E-state index >= 15 is 0 Å². The van der Waals surface area contributed by atoms with Gasteiger partial charge in [0.1, 0.15) is 12.1 Å². The van der Waals surface area contributed by atoms with Crippen LogP contribution in [0.2, 0.25) is 0 Å². The molecule has 6 nitrogen and oxygen atoms in total. The van der Waals surface area contributed by atoms with Gasteiger partial charge in [0.15, 0.2) is 5.69 Å². The predicted molar refractivity (Wildman–Crippen MR) is 132 cm³/mol. The fourth-order valence-electron chi connectivity index (χ4n) is 3.74. The fraction of sp³-hybridized carbons (Fsp3) is 0.250. The number of hydrogen-bond donors (Lipinski definition) is 1. The van der Waals surface area contributed by atoms with Crippen molar-refractivity contribution in [3.63, 3.8) is 0 Å². The fourth-order valence-corrected chi connectivity index (χ4v) is 3.74. The van der Waals surface area contributed by atoms with Crippen LogP contribution in [0, 0.1) is 5.82 Å². The third-order valence-electron chi connectivity index (χ3n) is 5.69. The van der Waals surface area contributed by atoms with Crippen LogP contribution in [0.4, 0.5) is 4.39 Å². The first-order valence-corrected chi connectivity index (χ1v) is 11.6. The number of benzene rings is 2. The maximum atomic E-state index is 13.4. The molecule has 4 aromatic rings. The van der Waals surface area contributed by atoms with Crippen molar-refractivity contribution >= 4 is 5.91 Å². The number of pyridine rings is 1. The van der Waals surface area contributed by atoms with Crippen molar-refractivity contribution < 1.29 is 13.6 Å². The van der Waals surface area contributed by atoms with Gasteiger partial charge in [-0.3, -0.25) is 14.7 Å². The number of aromatic nitrogens is 2. The molecule has 0 fully saturated rings. The van der Waals surface area contributed by atoms with Crippen LogP contribution >= 0.6 is 0 Å². The molecule has 0 saturated carbocycles. The van der Waals surface area contributed by atoms with Crippen LogP contribution in [0.1, 0.15) is 58.4 Å². The quantitative estimate of drug-likeness (QED) is 0.332. The second kappa shape index (κ2) is 11.5. The van der Waals surface area contributed by atoms with Crippen molar-refractivity contribution in [1.82, 2.24) is 20.2 Å². The first-order chi connectivity index (χ1) is 17.0. The van der Waals surface area contributed by atoms with E-state index in [0.717, 1.165) is 16.7 Å². The molecule has 2 heterocycles. The molecule has 0 aliphatic carbocycles. The molecule has 1 amide bonds. The molecule has 2 aromatic carbocycles. The zero-order chi connectivity index (χ0) is 24.6. The van der Waals surface area contributed by atoms with E-state index in [1.807, 2.05) is 12.1 Å². The third kappa shape index (κ3) is 7.07. The van der Waals surface area contributed by atoms with E-state index in [4.69, 9.17) is 4.42 Å². The zero-order valence-electron chi connectivity index (χ0n) is 19.9. The van der Waals surface area contributed by atoms with Gasteiger partial charge < -0.3 is 9.73 Å². The number of amides is 1. The molecule has 0 aliphatic rings. The molecule has 4 rings (SSSR count). The molecule has 0 saturated heterocycles. The summed E-state index contributed by atoms with van der Waals surface area (Å²) in [7, 11) is 0. The van der Waals surface area contributed by atoms with Crippen molar-refractivity contribution in [2.24, 2.45) is 0 Å². The first kappa shape index (κ1) is 24.3. The summed E-state index contributed by atoms with van der Waals surface area (Å²) < 4.78 is 19.0. The summed E-state index contributed by atoms with van der Waals surface area (Å²) >= 11 is 0. The minimum atomic E-state index is -0.307. The van der Waals surface area contributed by atoms with E-state index < -0.39 is 0 Å². The average Bonchev–Trinajstić information content (AvgIpc) is 3.33. The van der Waals surface area contributed by atoms with Crippen LogP contribution < -0.4 is 5.32 Å². The van der Waals surface area contributed by atoms with Crippen molar-refractivity contribution in [2.45, 2.75) is 45.9 Å². The van der Waals surface area contributed by atoms with Gasteiger partial charge in [-0.25, -0.2) is 9.37 Å². The summed E-state index contributed by atoms with van der Waals surface area (Å²) in [5.74, 6) is 0.337. The monoisotopic (exact) mass is 472 g/mol. The molecule has 35 heavy (non-hydrogen) atoms. The molecule has 0 aliphatic heterocycles. The van der Waals surface area contributed by atoms with Gasteiger partial charge in [-0.2, -0.15) is 0 Å². The maximum absolute atomic E-state index is 13.4. The van der Waals surface area contributed by atoms with Crippen molar-refractivity contribution in [2.75, 3.05) is 0 Å². The average molecular weight is 473 g/mol. The molecular formula is C28H29FN4O2. The zero-order valence-corrected chi connectivity index (χ0v) is 19.9. The Morgan fingerprint density at radius 3 is 2.29 bits per heavy atom. The Balaban J connectivity index is 1.44. The smallest absolute Gasteiger partial charge is 0.273 e. The number of carbonyl (C=O) groups is 1. The minimum Gasteiger partial charge on any atom is -0.447 e. The summed E-state index contributed by atoms with van der Waals surface area (Å²) in [6, 6.07) is 18.7. The minimum absolute atomic E-state index is 0.229. The van der Waals surface area contributed by atoms with Crippen molar-refractivity contribution in [1.29, 1.82) is 0 Å². The van der Waals surface area contributed by atoms with Gasteiger partial charge >= 0.3 is 0 Å². The van der Waals surface area contributed by atoms with E-state index in [0.29, 0.717) is 38.0 Å². The Hall–Kier alpha value is -3.84. The number of nitrogens with one attached hydrogen (secondary N) is 1. The lowest BCUT2D eigenvalue weighted by Crippen LogP contribution is -2.24. The summed E-state index contributed by atoms with van der Waals surface area (Å²) in [6.07, 6.45) is 4.77. The molecule has 0 bridgehead atoms. The topological polar surface area (TPSA) is 71.3 Å². The summed E-state index contributed by atoms with van der Waals surface area (Å²) in [6.45, 7) is 6.33. The van der Waals surface area contributed by atoms with Crippen LogP contribution in [-0.2, 0) is 26.2 Å². The summed E-state index contributed by atoms with van der Waals surface area (Å²) in [4.78, 5) is 23.1. The van der Waals surface area contributed by atoms with Crippen molar-refractivity contribution in [3.8, 4) is 0 Å². The number of nitrogens with zero attached hydrogens (tertiary/aromatic N) is 3. The predicted octanol–water partition coefficient (Wildman–Crippen LogP) is 5.46. The van der Waals surface area contributed by atoms with Gasteiger partial charge in [0, 0.05) is 32.0 Å². The van der Waals surface area contributed by atoms with E-state index in [-0.39, 0.29) is 17.4 Å². The molecule has 0 unspecified atom stereocenters. The number of carbonyl (C=O) groups excluding carboxylic acids is 1. The largest absolute Gasteiger partial charge is 0.447 e. The molecule has 1 N–H and O–H groups in total. The second-order valence-corrected chi connectivity index (χ2v) is 8.84.